The summed E-state index contributed by atoms with van der Waals surface area (Å²) in [5, 5.41) is 2.95. The number of rotatable bonds is 0. The molecule has 0 fully saturated rings. The molecule has 1 heterocycles. The third-order valence-electron chi connectivity index (χ3n) is 1.76. The van der Waals surface area contributed by atoms with Crippen LogP contribution >= 0.6 is 0 Å². The first-order chi connectivity index (χ1) is 3.60. The van der Waals surface area contributed by atoms with Crippen molar-refractivity contribution in [3.8, 4) is 0 Å². The molecular formula is C7H14Ge. The fourth-order valence-corrected chi connectivity index (χ4v) is 7.01. The van der Waals surface area contributed by atoms with Gasteiger partial charge in [0, 0.05) is 0 Å². The van der Waals surface area contributed by atoms with E-state index in [-0.39, 0.29) is 0 Å². The van der Waals surface area contributed by atoms with Crippen molar-refractivity contribution < 1.29 is 0 Å². The van der Waals surface area contributed by atoms with Gasteiger partial charge in [0.15, 0.2) is 0 Å². The van der Waals surface area contributed by atoms with Crippen LogP contribution in [0.5, 0.6) is 0 Å². The van der Waals surface area contributed by atoms with Crippen LogP contribution in [0.15, 0.2) is 11.6 Å². The molecule has 0 amide bonds. The minimum atomic E-state index is -1.14. The van der Waals surface area contributed by atoms with Gasteiger partial charge in [-0.3, -0.25) is 0 Å². The summed E-state index contributed by atoms with van der Waals surface area (Å²) in [5.74, 6) is 5.01. The first kappa shape index (κ1) is 6.40. The van der Waals surface area contributed by atoms with E-state index in [0.717, 1.165) is 0 Å². The molecule has 0 saturated heterocycles. The van der Waals surface area contributed by atoms with E-state index in [1.54, 1.807) is 5.57 Å². The van der Waals surface area contributed by atoms with E-state index < -0.39 is 13.3 Å². The maximum absolute atomic E-state index is 2.51. The first-order valence-corrected chi connectivity index (χ1v) is 10.4. The van der Waals surface area contributed by atoms with Gasteiger partial charge in [-0.05, 0) is 0 Å². The molecule has 0 spiro atoms. The Labute approximate surface area is 54.3 Å². The second-order valence-electron chi connectivity index (χ2n) is 3.60. The van der Waals surface area contributed by atoms with Gasteiger partial charge in [-0.15, -0.1) is 0 Å². The monoisotopic (exact) mass is 172 g/mol. The molecule has 0 N–H and O–H groups in total. The predicted molar refractivity (Wildman–Crippen MR) is 40.9 cm³/mol. The summed E-state index contributed by atoms with van der Waals surface area (Å²) in [6.45, 7) is 2.26. The van der Waals surface area contributed by atoms with Gasteiger partial charge >= 0.3 is 53.9 Å². The van der Waals surface area contributed by atoms with Crippen molar-refractivity contribution in [2.75, 3.05) is 0 Å². The molecule has 0 aromatic carbocycles. The summed E-state index contributed by atoms with van der Waals surface area (Å²) in [7, 11) is 0. The summed E-state index contributed by atoms with van der Waals surface area (Å²) < 4.78 is 0. The molecular weight excluding hydrogens is 157 g/mol. The van der Waals surface area contributed by atoms with Gasteiger partial charge in [0.25, 0.3) is 0 Å². The molecule has 0 unspecified atom stereocenters. The Balaban J connectivity index is 2.55. The summed E-state index contributed by atoms with van der Waals surface area (Å²) >= 11 is -1.14. The summed E-state index contributed by atoms with van der Waals surface area (Å²) in [6.07, 6.45) is 2.43. The van der Waals surface area contributed by atoms with Gasteiger partial charge in [-0.1, -0.05) is 0 Å². The van der Waals surface area contributed by atoms with Gasteiger partial charge in [-0.25, -0.2) is 0 Å². The summed E-state index contributed by atoms with van der Waals surface area (Å²) in [6, 6.07) is 0. The fourth-order valence-electron chi connectivity index (χ4n) is 1.35. The molecule has 0 bridgehead atoms. The van der Waals surface area contributed by atoms with Crippen LogP contribution in [0, 0.1) is 0 Å². The molecule has 46 valence electrons. The summed E-state index contributed by atoms with van der Waals surface area (Å²) in [4.78, 5) is 0. The molecule has 0 atom stereocenters. The van der Waals surface area contributed by atoms with Gasteiger partial charge in [0.2, 0.25) is 0 Å². The Morgan fingerprint density at radius 3 is 2.25 bits per heavy atom. The van der Waals surface area contributed by atoms with E-state index in [1.165, 1.54) is 10.5 Å². The van der Waals surface area contributed by atoms with Crippen molar-refractivity contribution in [3.05, 3.63) is 11.6 Å². The molecule has 0 saturated carbocycles. The van der Waals surface area contributed by atoms with Gasteiger partial charge in [0.05, 0.1) is 0 Å². The second kappa shape index (κ2) is 1.91. The quantitative estimate of drug-likeness (QED) is 0.388. The van der Waals surface area contributed by atoms with Crippen LogP contribution < -0.4 is 0 Å². The Bertz CT molecular complexity index is 122. The van der Waals surface area contributed by atoms with Crippen molar-refractivity contribution in [3.63, 3.8) is 0 Å². The molecule has 0 aromatic heterocycles. The van der Waals surface area contributed by atoms with E-state index in [0.29, 0.717) is 0 Å². The van der Waals surface area contributed by atoms with Crippen molar-refractivity contribution in [2.45, 2.75) is 28.9 Å². The normalized spacial score (nSPS) is 25.6. The second-order valence-corrected chi connectivity index (χ2v) is 14.3. The molecule has 0 radical (unpaired) electrons. The van der Waals surface area contributed by atoms with Crippen molar-refractivity contribution in [1.29, 1.82) is 0 Å². The van der Waals surface area contributed by atoms with Crippen LogP contribution in [0.1, 0.15) is 6.92 Å². The van der Waals surface area contributed by atoms with Crippen LogP contribution in [-0.2, 0) is 0 Å². The van der Waals surface area contributed by atoms with Crippen LogP contribution in [0.2, 0.25) is 22.0 Å². The first-order valence-electron chi connectivity index (χ1n) is 3.26. The van der Waals surface area contributed by atoms with Crippen molar-refractivity contribution in [1.82, 2.24) is 0 Å². The fraction of sp³-hybridized carbons (Fsp3) is 0.714. The van der Waals surface area contributed by atoms with Gasteiger partial charge < -0.3 is 0 Å². The van der Waals surface area contributed by atoms with E-state index in [4.69, 9.17) is 0 Å². The van der Waals surface area contributed by atoms with Gasteiger partial charge in [0.1, 0.15) is 0 Å². The third-order valence-corrected chi connectivity index (χ3v) is 7.69. The van der Waals surface area contributed by atoms with Crippen LogP contribution in [-0.4, -0.2) is 13.3 Å². The zero-order valence-corrected chi connectivity index (χ0v) is 8.09. The SMILES string of the molecule is CC1=C[CH2][Ge]([CH3])([CH3])[CH2]1. The Morgan fingerprint density at radius 1 is 1.50 bits per heavy atom. The zero-order valence-electron chi connectivity index (χ0n) is 5.99. The van der Waals surface area contributed by atoms with E-state index in [1.807, 2.05) is 0 Å². The average Bonchev–Trinajstić information content (AvgIpc) is 1.82. The molecule has 8 heavy (non-hydrogen) atoms. The summed E-state index contributed by atoms with van der Waals surface area (Å²) in [5.41, 5.74) is 1.65. The van der Waals surface area contributed by atoms with Crippen molar-refractivity contribution in [2.24, 2.45) is 0 Å². The molecule has 0 aliphatic carbocycles. The van der Waals surface area contributed by atoms with Crippen molar-refractivity contribution >= 4 is 13.3 Å². The molecule has 0 nitrogen and oxygen atoms in total. The van der Waals surface area contributed by atoms with Crippen LogP contribution in [0.25, 0.3) is 0 Å². The molecule has 1 rings (SSSR count). The molecule has 1 heteroatoms. The van der Waals surface area contributed by atoms with E-state index >= 15 is 0 Å². The molecule has 0 aromatic rings. The number of hydrogen-bond acceptors (Lipinski definition) is 0. The molecule has 1 aliphatic heterocycles. The van der Waals surface area contributed by atoms with E-state index in [2.05, 4.69) is 24.5 Å². The van der Waals surface area contributed by atoms with Crippen LogP contribution in [0.3, 0.4) is 0 Å². The Kier molecular flexibility index (Phi) is 1.53. The van der Waals surface area contributed by atoms with E-state index in [9.17, 15) is 0 Å². The number of hydrogen-bond donors (Lipinski definition) is 0. The maximum atomic E-state index is 2.51. The molecule has 1 aliphatic rings. The topological polar surface area (TPSA) is 0 Å². The predicted octanol–water partition coefficient (Wildman–Crippen LogP) is 2.65. The standard InChI is InChI=1S/C7H14Ge/c1-7-4-5-8(2,3)6-7/h4H,5-6H2,1-3H3. The third kappa shape index (κ3) is 1.38. The minimum absolute atomic E-state index is 1.14. The average molecular weight is 171 g/mol. The van der Waals surface area contributed by atoms with Gasteiger partial charge in [-0.2, -0.15) is 0 Å². The van der Waals surface area contributed by atoms with Crippen LogP contribution in [0.4, 0.5) is 0 Å². The Hall–Kier alpha value is 0.283. The number of allylic oxidation sites excluding steroid dienone is 2. The zero-order chi connectivity index (χ0) is 6.20. The Morgan fingerprint density at radius 2 is 2.12 bits per heavy atom.